The molecule has 4 nitrogen and oxygen atoms in total. The van der Waals surface area contributed by atoms with Gasteiger partial charge in [0, 0.05) is 0 Å². The van der Waals surface area contributed by atoms with E-state index >= 15 is 0 Å². The predicted octanol–water partition coefficient (Wildman–Crippen LogP) is 1.60. The first-order chi connectivity index (χ1) is 7.74. The molecule has 0 fully saturated rings. The van der Waals surface area contributed by atoms with E-state index in [9.17, 15) is 4.79 Å². The number of Topliss-reactive ketones (excluding diaryl/α,β-unsaturated/α-hetero) is 1. The molecule has 0 spiro atoms. The number of para-hydroxylation sites is 1. The van der Waals surface area contributed by atoms with Crippen LogP contribution in [0.4, 0.5) is 0 Å². The van der Waals surface area contributed by atoms with Crippen molar-refractivity contribution in [2.24, 2.45) is 0 Å². The number of carbonyl (C=O) groups is 1. The van der Waals surface area contributed by atoms with E-state index in [4.69, 9.17) is 9.47 Å². The topological polar surface area (TPSA) is 47.6 Å². The van der Waals surface area contributed by atoms with E-state index < -0.39 is 0 Å². The number of likely N-dealkylation sites (N-methyl/N-ethyl adjacent to an activating group) is 1. The third kappa shape index (κ3) is 1.88. The third-order valence-corrected chi connectivity index (χ3v) is 2.57. The molecule has 0 radical (unpaired) electrons. The van der Waals surface area contributed by atoms with Crippen LogP contribution >= 0.6 is 0 Å². The van der Waals surface area contributed by atoms with Gasteiger partial charge in [0.1, 0.15) is 0 Å². The number of fused-ring (bicyclic) bond motifs is 1. The van der Waals surface area contributed by atoms with Crippen molar-refractivity contribution in [2.45, 2.75) is 19.9 Å². The molecule has 2 rings (SSSR count). The number of hydrogen-bond donors (Lipinski definition) is 1. The van der Waals surface area contributed by atoms with Crippen molar-refractivity contribution in [3.8, 4) is 11.5 Å². The average molecular weight is 221 g/mol. The predicted molar refractivity (Wildman–Crippen MR) is 60.0 cm³/mol. The van der Waals surface area contributed by atoms with Gasteiger partial charge in [0.15, 0.2) is 17.3 Å². The second-order valence-corrected chi connectivity index (χ2v) is 3.68. The van der Waals surface area contributed by atoms with Gasteiger partial charge in [0.2, 0.25) is 6.79 Å². The Bertz CT molecular complexity index is 403. The minimum Gasteiger partial charge on any atom is -0.454 e. The maximum absolute atomic E-state index is 12.1. The highest BCUT2D eigenvalue weighted by Crippen LogP contribution is 2.35. The fraction of sp³-hybridized carbons (Fsp3) is 0.417. The van der Waals surface area contributed by atoms with Crippen LogP contribution in [-0.4, -0.2) is 25.2 Å². The Labute approximate surface area is 94.6 Å². The lowest BCUT2D eigenvalue weighted by Crippen LogP contribution is -2.33. The van der Waals surface area contributed by atoms with Crippen LogP contribution in [0.5, 0.6) is 11.5 Å². The number of rotatable bonds is 4. The number of nitrogens with one attached hydrogen (secondary N) is 1. The largest absolute Gasteiger partial charge is 0.454 e. The van der Waals surface area contributed by atoms with Crippen molar-refractivity contribution in [1.82, 2.24) is 5.32 Å². The Kier molecular flexibility index (Phi) is 3.10. The molecule has 1 aliphatic rings. The zero-order valence-electron chi connectivity index (χ0n) is 9.45. The molecule has 0 amide bonds. The summed E-state index contributed by atoms with van der Waals surface area (Å²) in [6.07, 6.45) is 0. The lowest BCUT2D eigenvalue weighted by atomic mass is 10.0. The van der Waals surface area contributed by atoms with Crippen molar-refractivity contribution < 1.29 is 14.3 Å². The van der Waals surface area contributed by atoms with Gasteiger partial charge in [0.25, 0.3) is 0 Å². The second kappa shape index (κ2) is 4.53. The first-order valence-corrected chi connectivity index (χ1v) is 5.40. The van der Waals surface area contributed by atoms with Crippen molar-refractivity contribution in [3.63, 3.8) is 0 Å². The van der Waals surface area contributed by atoms with E-state index in [0.717, 1.165) is 6.54 Å². The van der Waals surface area contributed by atoms with E-state index in [1.165, 1.54) is 0 Å². The smallest absolute Gasteiger partial charge is 0.231 e. The van der Waals surface area contributed by atoms with Gasteiger partial charge < -0.3 is 14.8 Å². The standard InChI is InChI=1S/C12H15NO3/c1-3-13-8(2)11(14)9-5-4-6-10-12(9)16-7-15-10/h4-6,8,13H,3,7H2,1-2H3/t8-/m1/s1. The highest BCUT2D eigenvalue weighted by molar-refractivity contribution is 6.03. The second-order valence-electron chi connectivity index (χ2n) is 3.68. The number of ketones is 1. The highest BCUT2D eigenvalue weighted by Gasteiger charge is 2.24. The lowest BCUT2D eigenvalue weighted by molar-refractivity contribution is 0.0947. The number of benzene rings is 1. The lowest BCUT2D eigenvalue weighted by Gasteiger charge is -2.12. The average Bonchev–Trinajstić information content (AvgIpc) is 2.76. The normalized spacial score (nSPS) is 14.9. The van der Waals surface area contributed by atoms with Crippen molar-refractivity contribution in [1.29, 1.82) is 0 Å². The molecule has 0 aliphatic carbocycles. The third-order valence-electron chi connectivity index (χ3n) is 2.57. The van der Waals surface area contributed by atoms with Crippen molar-refractivity contribution >= 4 is 5.78 Å². The van der Waals surface area contributed by atoms with E-state index in [-0.39, 0.29) is 18.6 Å². The summed E-state index contributed by atoms with van der Waals surface area (Å²) in [4.78, 5) is 12.1. The summed E-state index contributed by atoms with van der Waals surface area (Å²) < 4.78 is 10.5. The zero-order chi connectivity index (χ0) is 11.5. The van der Waals surface area contributed by atoms with Crippen LogP contribution in [0.2, 0.25) is 0 Å². The number of ether oxygens (including phenoxy) is 2. The molecule has 0 aromatic heterocycles. The SMILES string of the molecule is CCN[C@H](C)C(=O)c1cccc2c1OCO2. The number of carbonyl (C=O) groups excluding carboxylic acids is 1. The summed E-state index contributed by atoms with van der Waals surface area (Å²) in [5.74, 6) is 1.25. The van der Waals surface area contributed by atoms with E-state index in [0.29, 0.717) is 17.1 Å². The van der Waals surface area contributed by atoms with Crippen LogP contribution in [0, 0.1) is 0 Å². The molecule has 1 aromatic rings. The quantitative estimate of drug-likeness (QED) is 0.784. The Morgan fingerprint density at radius 1 is 1.50 bits per heavy atom. The van der Waals surface area contributed by atoms with Crippen molar-refractivity contribution in [3.05, 3.63) is 23.8 Å². The van der Waals surface area contributed by atoms with Crippen LogP contribution in [0.25, 0.3) is 0 Å². The molecule has 1 aliphatic heterocycles. The monoisotopic (exact) mass is 221 g/mol. The summed E-state index contributed by atoms with van der Waals surface area (Å²) in [6.45, 7) is 4.77. The molecule has 1 atom stereocenters. The van der Waals surface area contributed by atoms with Gasteiger partial charge >= 0.3 is 0 Å². The highest BCUT2D eigenvalue weighted by atomic mass is 16.7. The Hall–Kier alpha value is -1.55. The molecule has 0 bridgehead atoms. The van der Waals surface area contributed by atoms with Gasteiger partial charge in [-0.15, -0.1) is 0 Å². The first kappa shape index (κ1) is 11.0. The molecule has 16 heavy (non-hydrogen) atoms. The van der Waals surface area contributed by atoms with Gasteiger partial charge in [-0.25, -0.2) is 0 Å². The molecule has 0 unspecified atom stereocenters. The molecule has 4 heteroatoms. The van der Waals surface area contributed by atoms with Crippen LogP contribution in [0.1, 0.15) is 24.2 Å². The van der Waals surface area contributed by atoms with E-state index in [1.54, 1.807) is 18.2 Å². The molecule has 0 saturated heterocycles. The van der Waals surface area contributed by atoms with Gasteiger partial charge in [-0.3, -0.25) is 4.79 Å². The molecule has 1 heterocycles. The van der Waals surface area contributed by atoms with Gasteiger partial charge in [-0.05, 0) is 25.6 Å². The van der Waals surface area contributed by atoms with Gasteiger partial charge in [-0.2, -0.15) is 0 Å². The number of hydrogen-bond acceptors (Lipinski definition) is 4. The molecular weight excluding hydrogens is 206 g/mol. The summed E-state index contributed by atoms with van der Waals surface area (Å²) >= 11 is 0. The van der Waals surface area contributed by atoms with Crippen LogP contribution < -0.4 is 14.8 Å². The van der Waals surface area contributed by atoms with Crippen molar-refractivity contribution in [2.75, 3.05) is 13.3 Å². The Balaban J connectivity index is 2.27. The Morgan fingerprint density at radius 3 is 3.06 bits per heavy atom. The van der Waals surface area contributed by atoms with Crippen LogP contribution in [0.3, 0.4) is 0 Å². The maximum Gasteiger partial charge on any atom is 0.231 e. The maximum atomic E-state index is 12.1. The Morgan fingerprint density at radius 2 is 2.31 bits per heavy atom. The van der Waals surface area contributed by atoms with Gasteiger partial charge in [-0.1, -0.05) is 13.0 Å². The van der Waals surface area contributed by atoms with Gasteiger partial charge in [0.05, 0.1) is 11.6 Å². The molecule has 86 valence electrons. The van der Waals surface area contributed by atoms with Crippen LogP contribution in [0.15, 0.2) is 18.2 Å². The summed E-state index contributed by atoms with van der Waals surface area (Å²) in [5, 5.41) is 3.09. The molecule has 1 aromatic carbocycles. The fourth-order valence-corrected chi connectivity index (χ4v) is 1.76. The summed E-state index contributed by atoms with van der Waals surface area (Å²) in [6, 6.07) is 5.17. The van der Waals surface area contributed by atoms with E-state index in [2.05, 4.69) is 5.32 Å². The molecular formula is C12H15NO3. The minimum absolute atomic E-state index is 0.0317. The van der Waals surface area contributed by atoms with E-state index in [1.807, 2.05) is 13.8 Å². The summed E-state index contributed by atoms with van der Waals surface area (Å²) in [7, 11) is 0. The van der Waals surface area contributed by atoms with Crippen LogP contribution in [-0.2, 0) is 0 Å². The zero-order valence-corrected chi connectivity index (χ0v) is 9.45. The first-order valence-electron chi connectivity index (χ1n) is 5.40. The molecule has 0 saturated carbocycles. The summed E-state index contributed by atoms with van der Waals surface area (Å²) in [5.41, 5.74) is 0.587. The molecule has 1 N–H and O–H groups in total. The fourth-order valence-electron chi connectivity index (χ4n) is 1.76. The minimum atomic E-state index is -0.208.